The number of aldehydes is 1. The Hall–Kier alpha value is -2.61. The van der Waals surface area contributed by atoms with Gasteiger partial charge in [0.15, 0.2) is 11.5 Å². The largest absolute Gasteiger partial charge is 0.493 e. The molecule has 1 saturated heterocycles. The average molecular weight is 443 g/mol. The van der Waals surface area contributed by atoms with Crippen molar-refractivity contribution in [1.82, 2.24) is 4.90 Å². The van der Waals surface area contributed by atoms with Crippen molar-refractivity contribution >= 4 is 12.0 Å². The van der Waals surface area contributed by atoms with Crippen LogP contribution in [0.15, 0.2) is 42.5 Å². The van der Waals surface area contributed by atoms with Crippen molar-refractivity contribution in [2.45, 2.75) is 31.6 Å². The second kappa shape index (κ2) is 11.9. The maximum atomic E-state index is 11.0. The summed E-state index contributed by atoms with van der Waals surface area (Å²) in [7, 11) is 5.57. The molecule has 2 unspecified atom stereocenters. The number of benzene rings is 2. The summed E-state index contributed by atoms with van der Waals surface area (Å²) in [5, 5.41) is 10.7. The van der Waals surface area contributed by atoms with Crippen molar-refractivity contribution in [3.63, 3.8) is 0 Å². The van der Waals surface area contributed by atoms with Gasteiger partial charge in [0.25, 0.3) is 0 Å². The lowest BCUT2D eigenvalue weighted by molar-refractivity contribution is 0.0310. The normalized spacial score (nSPS) is 16.7. The van der Waals surface area contributed by atoms with E-state index >= 15 is 0 Å². The van der Waals surface area contributed by atoms with Crippen LogP contribution in [0.25, 0.3) is 0 Å². The van der Waals surface area contributed by atoms with Crippen LogP contribution in [0.5, 0.6) is 11.5 Å². The zero-order valence-electron chi connectivity index (χ0n) is 19.2. The first kappa shape index (κ1) is 24.0. The van der Waals surface area contributed by atoms with Crippen LogP contribution < -0.4 is 14.4 Å². The third kappa shape index (κ3) is 6.95. The lowest BCUT2D eigenvalue weighted by Crippen LogP contribution is -2.39. The molecule has 1 N–H and O–H groups in total. The van der Waals surface area contributed by atoms with Gasteiger partial charge in [0.1, 0.15) is 19.0 Å². The molecule has 1 aliphatic heterocycles. The smallest absolute Gasteiger partial charge is 0.161 e. The predicted octanol–water partition coefficient (Wildman–Crippen LogP) is 2.99. The summed E-state index contributed by atoms with van der Waals surface area (Å²) in [5.74, 6) is 0.973. The van der Waals surface area contributed by atoms with E-state index in [0.717, 1.165) is 44.5 Å². The van der Waals surface area contributed by atoms with Gasteiger partial charge >= 0.3 is 0 Å². The summed E-state index contributed by atoms with van der Waals surface area (Å²) in [6.45, 7) is 2.88. The van der Waals surface area contributed by atoms with Gasteiger partial charge in [0, 0.05) is 51.6 Å². The maximum absolute atomic E-state index is 11.0. The first-order valence-corrected chi connectivity index (χ1v) is 11.0. The number of carbonyl (C=O) groups excluding carboxylic acids is 1. The van der Waals surface area contributed by atoms with Crippen molar-refractivity contribution in [1.29, 1.82) is 0 Å². The number of nitrogens with zero attached hydrogens (tertiary/aromatic N) is 2. The topological polar surface area (TPSA) is 71.5 Å². The minimum absolute atomic E-state index is 0.123. The molecule has 1 fully saturated rings. The van der Waals surface area contributed by atoms with Crippen LogP contribution in [0.3, 0.4) is 0 Å². The summed E-state index contributed by atoms with van der Waals surface area (Å²) >= 11 is 0. The highest BCUT2D eigenvalue weighted by Crippen LogP contribution is 2.27. The van der Waals surface area contributed by atoms with E-state index in [2.05, 4.69) is 34.1 Å². The van der Waals surface area contributed by atoms with E-state index in [4.69, 9.17) is 14.2 Å². The van der Waals surface area contributed by atoms with Crippen LogP contribution in [0, 0.1) is 0 Å². The van der Waals surface area contributed by atoms with Gasteiger partial charge in [-0.25, -0.2) is 0 Å². The Morgan fingerprint density at radius 2 is 1.97 bits per heavy atom. The summed E-state index contributed by atoms with van der Waals surface area (Å²) in [6, 6.07) is 13.4. The van der Waals surface area contributed by atoms with Crippen molar-refractivity contribution in [3.8, 4) is 11.5 Å². The minimum atomic E-state index is -0.687. The molecule has 2 aromatic rings. The summed E-state index contributed by atoms with van der Waals surface area (Å²) in [6.07, 6.45) is 2.39. The molecule has 0 saturated carbocycles. The molecule has 0 aromatic heterocycles. The highest BCUT2D eigenvalue weighted by Gasteiger charge is 2.22. The molecular formula is C25H34N2O5. The van der Waals surface area contributed by atoms with E-state index in [9.17, 15) is 9.90 Å². The van der Waals surface area contributed by atoms with Gasteiger partial charge in [0.05, 0.1) is 13.2 Å². The quantitative estimate of drug-likeness (QED) is 0.507. The fraction of sp³-hybridized carbons (Fsp3) is 0.480. The van der Waals surface area contributed by atoms with Crippen molar-refractivity contribution in [3.05, 3.63) is 53.6 Å². The molecule has 174 valence electrons. The number of aliphatic hydroxyl groups is 1. The van der Waals surface area contributed by atoms with Crippen LogP contribution in [-0.2, 0) is 11.3 Å². The standard InChI is InChI=1S/C25H34N2O5/c1-26(2)21-9-6-19(7-10-21)14-27(16-23-5-4-12-31-23)15-22(29)18-32-24-11-8-20(17-28)13-25(24)30-3/h6-11,13,17,22-23,29H,4-5,12,14-16,18H2,1-3H3. The van der Waals surface area contributed by atoms with Crippen LogP contribution in [0.4, 0.5) is 5.69 Å². The number of rotatable bonds is 12. The van der Waals surface area contributed by atoms with E-state index in [1.54, 1.807) is 18.2 Å². The molecule has 0 radical (unpaired) electrons. The highest BCUT2D eigenvalue weighted by molar-refractivity contribution is 5.76. The third-order valence-electron chi connectivity index (χ3n) is 5.57. The number of methoxy groups -OCH3 is 1. The number of ether oxygens (including phenoxy) is 3. The van der Waals surface area contributed by atoms with Crippen molar-refractivity contribution < 1.29 is 24.1 Å². The molecule has 3 rings (SSSR count). The van der Waals surface area contributed by atoms with E-state index < -0.39 is 6.10 Å². The molecule has 0 bridgehead atoms. The molecule has 0 aliphatic carbocycles. The maximum Gasteiger partial charge on any atom is 0.161 e. The third-order valence-corrected chi connectivity index (χ3v) is 5.57. The average Bonchev–Trinajstić information content (AvgIpc) is 3.30. The molecule has 1 heterocycles. The van der Waals surface area contributed by atoms with Crippen molar-refractivity contribution in [2.24, 2.45) is 0 Å². The summed E-state index contributed by atoms with van der Waals surface area (Å²) in [5.41, 5.74) is 2.85. The highest BCUT2D eigenvalue weighted by atomic mass is 16.5. The van der Waals surface area contributed by atoms with Gasteiger partial charge in [0.2, 0.25) is 0 Å². The van der Waals surface area contributed by atoms with Gasteiger partial charge in [-0.15, -0.1) is 0 Å². The second-order valence-corrected chi connectivity index (χ2v) is 8.38. The van der Waals surface area contributed by atoms with Gasteiger partial charge in [-0.2, -0.15) is 0 Å². The molecule has 0 spiro atoms. The molecule has 7 heteroatoms. The van der Waals surface area contributed by atoms with Gasteiger partial charge in [-0.05, 0) is 48.7 Å². The zero-order chi connectivity index (χ0) is 22.9. The fourth-order valence-electron chi connectivity index (χ4n) is 3.85. The Kier molecular flexibility index (Phi) is 8.90. The van der Waals surface area contributed by atoms with Crippen molar-refractivity contribution in [2.75, 3.05) is 52.4 Å². The zero-order valence-corrected chi connectivity index (χ0v) is 19.2. The summed E-state index contributed by atoms with van der Waals surface area (Å²) in [4.78, 5) is 15.3. The second-order valence-electron chi connectivity index (χ2n) is 8.38. The number of carbonyl (C=O) groups is 1. The summed E-state index contributed by atoms with van der Waals surface area (Å²) < 4.78 is 16.9. The van der Waals surface area contributed by atoms with Gasteiger partial charge in [-0.1, -0.05) is 12.1 Å². The number of aliphatic hydroxyl groups excluding tert-OH is 1. The van der Waals surface area contributed by atoms with Crippen LogP contribution in [0.2, 0.25) is 0 Å². The fourth-order valence-corrected chi connectivity index (χ4v) is 3.85. The van der Waals surface area contributed by atoms with Gasteiger partial charge in [-0.3, -0.25) is 9.69 Å². The number of hydrogen-bond acceptors (Lipinski definition) is 7. The first-order chi connectivity index (χ1) is 15.5. The molecule has 32 heavy (non-hydrogen) atoms. The Morgan fingerprint density at radius 3 is 2.59 bits per heavy atom. The lowest BCUT2D eigenvalue weighted by Gasteiger charge is -2.28. The number of anilines is 1. The minimum Gasteiger partial charge on any atom is -0.493 e. The monoisotopic (exact) mass is 442 g/mol. The molecule has 7 nitrogen and oxygen atoms in total. The van der Waals surface area contributed by atoms with E-state index in [1.807, 2.05) is 14.1 Å². The Morgan fingerprint density at radius 1 is 1.19 bits per heavy atom. The molecule has 1 aliphatic rings. The SMILES string of the molecule is COc1cc(C=O)ccc1OCC(O)CN(Cc1ccc(N(C)C)cc1)CC1CCCO1. The van der Waals surface area contributed by atoms with Crippen LogP contribution in [-0.4, -0.2) is 76.0 Å². The Bertz CT molecular complexity index is 850. The lowest BCUT2D eigenvalue weighted by atomic mass is 10.1. The Balaban J connectivity index is 1.61. The molecule has 2 aromatic carbocycles. The molecule has 0 amide bonds. The Labute approximate surface area is 190 Å². The predicted molar refractivity (Wildman–Crippen MR) is 125 cm³/mol. The first-order valence-electron chi connectivity index (χ1n) is 11.0. The van der Waals surface area contributed by atoms with Gasteiger partial charge < -0.3 is 24.2 Å². The van der Waals surface area contributed by atoms with Crippen LogP contribution >= 0.6 is 0 Å². The molecular weight excluding hydrogens is 408 g/mol. The van der Waals surface area contributed by atoms with Crippen LogP contribution in [0.1, 0.15) is 28.8 Å². The van der Waals surface area contributed by atoms with E-state index in [0.29, 0.717) is 23.6 Å². The molecule has 2 atom stereocenters. The van der Waals surface area contributed by atoms with E-state index in [1.165, 1.54) is 12.7 Å². The number of hydrogen-bond donors (Lipinski definition) is 1. The van der Waals surface area contributed by atoms with E-state index in [-0.39, 0.29) is 12.7 Å².